The molecule has 2 aromatic carbocycles. The van der Waals surface area contributed by atoms with Crippen LogP contribution in [0.2, 0.25) is 0 Å². The SMILES string of the molecule is O=[N+]([O-])c1ccc(-c2nc3cc(F)ccc3n3cccc23)cc1. The number of nitro benzene ring substituents is 1. The standard InChI is InChI=1S/C17H10FN3O2/c18-12-5-8-15-14(10-12)19-17(16-2-1-9-20(15)16)11-3-6-13(7-4-11)21(22)23/h1-10H. The van der Waals surface area contributed by atoms with Gasteiger partial charge in [-0.2, -0.15) is 0 Å². The molecule has 0 fully saturated rings. The Hall–Kier alpha value is -3.28. The Morgan fingerprint density at radius 2 is 1.83 bits per heavy atom. The van der Waals surface area contributed by atoms with E-state index in [1.807, 2.05) is 22.7 Å². The first kappa shape index (κ1) is 13.4. The van der Waals surface area contributed by atoms with Gasteiger partial charge in [-0.15, -0.1) is 0 Å². The van der Waals surface area contributed by atoms with Crippen LogP contribution >= 0.6 is 0 Å². The Kier molecular flexibility index (Phi) is 2.84. The van der Waals surface area contributed by atoms with E-state index >= 15 is 0 Å². The van der Waals surface area contributed by atoms with E-state index in [0.717, 1.165) is 16.6 Å². The molecule has 4 aromatic rings. The summed E-state index contributed by atoms with van der Waals surface area (Å²) >= 11 is 0. The van der Waals surface area contributed by atoms with Gasteiger partial charge in [-0.05, 0) is 36.4 Å². The van der Waals surface area contributed by atoms with Crippen LogP contribution < -0.4 is 0 Å². The molecule has 0 saturated heterocycles. The third-order valence-corrected chi connectivity index (χ3v) is 3.77. The number of benzene rings is 2. The fourth-order valence-corrected chi connectivity index (χ4v) is 2.70. The van der Waals surface area contributed by atoms with E-state index in [1.54, 1.807) is 18.2 Å². The van der Waals surface area contributed by atoms with Crippen molar-refractivity contribution in [3.63, 3.8) is 0 Å². The highest BCUT2D eigenvalue weighted by molar-refractivity contribution is 5.87. The van der Waals surface area contributed by atoms with Gasteiger partial charge in [0.25, 0.3) is 5.69 Å². The van der Waals surface area contributed by atoms with Crippen molar-refractivity contribution in [1.82, 2.24) is 9.38 Å². The van der Waals surface area contributed by atoms with Crippen LogP contribution in [-0.4, -0.2) is 14.3 Å². The molecule has 0 saturated carbocycles. The molecule has 0 atom stereocenters. The van der Waals surface area contributed by atoms with Crippen LogP contribution in [0.25, 0.3) is 27.8 Å². The fourth-order valence-electron chi connectivity index (χ4n) is 2.70. The van der Waals surface area contributed by atoms with Crippen molar-refractivity contribution in [2.24, 2.45) is 0 Å². The lowest BCUT2D eigenvalue weighted by atomic mass is 10.1. The van der Waals surface area contributed by atoms with Crippen LogP contribution in [0.4, 0.5) is 10.1 Å². The molecular formula is C17H10FN3O2. The van der Waals surface area contributed by atoms with Gasteiger partial charge in [-0.3, -0.25) is 10.1 Å². The Morgan fingerprint density at radius 3 is 2.57 bits per heavy atom. The highest BCUT2D eigenvalue weighted by Crippen LogP contribution is 2.28. The monoisotopic (exact) mass is 307 g/mol. The molecule has 0 amide bonds. The number of non-ortho nitro benzene ring substituents is 1. The quantitative estimate of drug-likeness (QED) is 0.412. The van der Waals surface area contributed by atoms with Gasteiger partial charge < -0.3 is 4.40 Å². The fraction of sp³-hybridized carbons (Fsp3) is 0. The van der Waals surface area contributed by atoms with Crippen LogP contribution in [0.15, 0.2) is 60.8 Å². The largest absolute Gasteiger partial charge is 0.313 e. The second-order valence-electron chi connectivity index (χ2n) is 5.16. The minimum absolute atomic E-state index is 0.0204. The first-order valence-corrected chi connectivity index (χ1v) is 6.95. The van der Waals surface area contributed by atoms with Gasteiger partial charge in [0.1, 0.15) is 5.82 Å². The molecule has 4 rings (SSSR count). The van der Waals surface area contributed by atoms with Gasteiger partial charge in [0, 0.05) is 30.0 Å². The average Bonchev–Trinajstić information content (AvgIpc) is 3.03. The number of fused-ring (bicyclic) bond motifs is 3. The first-order chi connectivity index (χ1) is 11.1. The van der Waals surface area contributed by atoms with E-state index in [-0.39, 0.29) is 11.5 Å². The van der Waals surface area contributed by atoms with Gasteiger partial charge >= 0.3 is 0 Å². The number of nitrogens with zero attached hydrogens (tertiary/aromatic N) is 3. The number of nitro groups is 1. The van der Waals surface area contributed by atoms with Crippen LogP contribution in [0, 0.1) is 15.9 Å². The Balaban J connectivity index is 2.00. The molecular weight excluding hydrogens is 297 g/mol. The van der Waals surface area contributed by atoms with E-state index < -0.39 is 4.92 Å². The normalized spacial score (nSPS) is 11.2. The predicted molar refractivity (Wildman–Crippen MR) is 84.7 cm³/mol. The maximum Gasteiger partial charge on any atom is 0.269 e. The van der Waals surface area contributed by atoms with Crippen molar-refractivity contribution in [1.29, 1.82) is 0 Å². The van der Waals surface area contributed by atoms with Gasteiger partial charge in [-0.1, -0.05) is 0 Å². The summed E-state index contributed by atoms with van der Waals surface area (Å²) in [7, 11) is 0. The predicted octanol–water partition coefficient (Wildman–Crippen LogP) is 4.20. The molecule has 0 aliphatic heterocycles. The summed E-state index contributed by atoms with van der Waals surface area (Å²) in [6.45, 7) is 0. The summed E-state index contributed by atoms with van der Waals surface area (Å²) in [5, 5.41) is 10.8. The Bertz CT molecular complexity index is 1050. The van der Waals surface area contributed by atoms with E-state index in [0.29, 0.717) is 11.2 Å². The van der Waals surface area contributed by atoms with Crippen LogP contribution in [-0.2, 0) is 0 Å². The van der Waals surface area contributed by atoms with E-state index in [1.165, 1.54) is 24.3 Å². The number of hydrogen-bond donors (Lipinski definition) is 0. The van der Waals surface area contributed by atoms with Crippen molar-refractivity contribution >= 4 is 22.2 Å². The molecule has 6 heteroatoms. The second-order valence-corrected chi connectivity index (χ2v) is 5.16. The van der Waals surface area contributed by atoms with E-state index in [9.17, 15) is 14.5 Å². The molecule has 23 heavy (non-hydrogen) atoms. The van der Waals surface area contributed by atoms with Gasteiger partial charge in [0.2, 0.25) is 0 Å². The van der Waals surface area contributed by atoms with Crippen molar-refractivity contribution in [3.8, 4) is 11.3 Å². The van der Waals surface area contributed by atoms with Crippen LogP contribution in [0.1, 0.15) is 0 Å². The molecule has 0 radical (unpaired) electrons. The number of halogens is 1. The highest BCUT2D eigenvalue weighted by Gasteiger charge is 2.12. The Labute approximate surface area is 129 Å². The van der Waals surface area contributed by atoms with E-state index in [4.69, 9.17) is 0 Å². The smallest absolute Gasteiger partial charge is 0.269 e. The minimum Gasteiger partial charge on any atom is -0.313 e. The first-order valence-electron chi connectivity index (χ1n) is 6.95. The summed E-state index contributed by atoms with van der Waals surface area (Å²) in [6.07, 6.45) is 1.88. The molecule has 0 aliphatic carbocycles. The van der Waals surface area contributed by atoms with Crippen LogP contribution in [0.3, 0.4) is 0 Å². The molecule has 0 spiro atoms. The lowest BCUT2D eigenvalue weighted by Gasteiger charge is -2.08. The van der Waals surface area contributed by atoms with Gasteiger partial charge in [-0.25, -0.2) is 9.37 Å². The van der Waals surface area contributed by atoms with Crippen molar-refractivity contribution in [3.05, 3.63) is 76.7 Å². The molecule has 0 bridgehead atoms. The lowest BCUT2D eigenvalue weighted by Crippen LogP contribution is -1.95. The van der Waals surface area contributed by atoms with Gasteiger partial charge in [0.05, 0.1) is 27.2 Å². The number of hydrogen-bond acceptors (Lipinski definition) is 3. The Morgan fingerprint density at radius 1 is 1.04 bits per heavy atom. The number of rotatable bonds is 2. The third-order valence-electron chi connectivity index (χ3n) is 3.77. The summed E-state index contributed by atoms with van der Waals surface area (Å²) in [5.74, 6) is -0.355. The zero-order chi connectivity index (χ0) is 16.0. The summed E-state index contributed by atoms with van der Waals surface area (Å²) in [6, 6.07) is 14.4. The molecule has 0 unspecified atom stereocenters. The zero-order valence-corrected chi connectivity index (χ0v) is 11.8. The van der Waals surface area contributed by atoms with Crippen molar-refractivity contribution in [2.75, 3.05) is 0 Å². The number of aromatic nitrogens is 2. The molecule has 2 aromatic heterocycles. The summed E-state index contributed by atoms with van der Waals surface area (Å²) in [5.41, 5.74) is 3.61. The lowest BCUT2D eigenvalue weighted by molar-refractivity contribution is -0.384. The highest BCUT2D eigenvalue weighted by atomic mass is 19.1. The third kappa shape index (κ3) is 2.12. The molecule has 2 heterocycles. The van der Waals surface area contributed by atoms with Gasteiger partial charge in [0.15, 0.2) is 0 Å². The summed E-state index contributed by atoms with van der Waals surface area (Å²) in [4.78, 5) is 14.9. The van der Waals surface area contributed by atoms with Crippen molar-refractivity contribution < 1.29 is 9.31 Å². The molecule has 5 nitrogen and oxygen atoms in total. The van der Waals surface area contributed by atoms with E-state index in [2.05, 4.69) is 4.98 Å². The summed E-state index contributed by atoms with van der Waals surface area (Å²) < 4.78 is 15.4. The second kappa shape index (κ2) is 4.88. The maximum atomic E-state index is 13.5. The minimum atomic E-state index is -0.445. The van der Waals surface area contributed by atoms with Crippen molar-refractivity contribution in [2.45, 2.75) is 0 Å². The van der Waals surface area contributed by atoms with Crippen LogP contribution in [0.5, 0.6) is 0 Å². The molecule has 0 aliphatic rings. The average molecular weight is 307 g/mol. The maximum absolute atomic E-state index is 13.5. The molecule has 0 N–H and O–H groups in total. The topological polar surface area (TPSA) is 60.4 Å². The molecule has 112 valence electrons. The zero-order valence-electron chi connectivity index (χ0n) is 11.8.